The van der Waals surface area contributed by atoms with E-state index in [2.05, 4.69) is 12.2 Å². The third-order valence-corrected chi connectivity index (χ3v) is 4.01. The van der Waals surface area contributed by atoms with Gasteiger partial charge in [0.1, 0.15) is 0 Å². The van der Waals surface area contributed by atoms with E-state index in [4.69, 9.17) is 4.74 Å². The van der Waals surface area contributed by atoms with Crippen molar-refractivity contribution in [1.82, 2.24) is 4.90 Å². The number of hydrogen-bond donors (Lipinski definition) is 1. The summed E-state index contributed by atoms with van der Waals surface area (Å²) in [6, 6.07) is 7.93. The van der Waals surface area contributed by atoms with E-state index in [0.717, 1.165) is 11.3 Å². The van der Waals surface area contributed by atoms with Gasteiger partial charge in [-0.15, -0.1) is 0 Å². The van der Waals surface area contributed by atoms with Gasteiger partial charge in [0, 0.05) is 38.0 Å². The molecule has 110 valence electrons. The van der Waals surface area contributed by atoms with Gasteiger partial charge in [-0.1, -0.05) is 0 Å². The first-order valence-electron chi connectivity index (χ1n) is 7.25. The number of hydrogen-bond acceptors (Lipinski definition) is 3. The van der Waals surface area contributed by atoms with Crippen molar-refractivity contribution in [3.05, 3.63) is 29.8 Å². The van der Waals surface area contributed by atoms with Gasteiger partial charge in [-0.25, -0.2) is 0 Å². The van der Waals surface area contributed by atoms with E-state index < -0.39 is 0 Å². The topological polar surface area (TPSA) is 41.6 Å². The summed E-state index contributed by atoms with van der Waals surface area (Å²) in [4.78, 5) is 14.6. The van der Waals surface area contributed by atoms with Gasteiger partial charge < -0.3 is 15.0 Å². The van der Waals surface area contributed by atoms with Crippen molar-refractivity contribution < 1.29 is 9.53 Å². The van der Waals surface area contributed by atoms with Crippen LogP contribution in [0.1, 0.15) is 30.1 Å². The van der Waals surface area contributed by atoms with Crippen molar-refractivity contribution in [1.29, 1.82) is 0 Å². The summed E-state index contributed by atoms with van der Waals surface area (Å²) < 4.78 is 5.14. The lowest BCUT2D eigenvalue weighted by molar-refractivity contribution is 0.0594. The maximum atomic E-state index is 12.7. The Labute approximate surface area is 121 Å². The molecular formula is C16H24N2O2. The highest BCUT2D eigenvalue weighted by Crippen LogP contribution is 2.35. The summed E-state index contributed by atoms with van der Waals surface area (Å²) >= 11 is 0. The van der Waals surface area contributed by atoms with Crippen molar-refractivity contribution >= 4 is 11.6 Å². The van der Waals surface area contributed by atoms with Gasteiger partial charge >= 0.3 is 0 Å². The SMILES string of the molecule is CNc1ccc(C(=O)N(CCOC)C(C)C2CC2)cc1. The maximum absolute atomic E-state index is 12.7. The summed E-state index contributed by atoms with van der Waals surface area (Å²) in [6.45, 7) is 3.38. The first kappa shape index (κ1) is 14.9. The molecule has 0 saturated heterocycles. The quantitative estimate of drug-likeness (QED) is 0.832. The molecule has 1 unspecified atom stereocenters. The molecule has 0 heterocycles. The van der Waals surface area contributed by atoms with Gasteiger partial charge in [0.15, 0.2) is 0 Å². The molecule has 0 aromatic heterocycles. The third-order valence-electron chi connectivity index (χ3n) is 4.01. The molecule has 1 saturated carbocycles. The van der Waals surface area contributed by atoms with Gasteiger partial charge in [0.2, 0.25) is 0 Å². The minimum absolute atomic E-state index is 0.101. The van der Waals surface area contributed by atoms with Crippen LogP contribution in [0.15, 0.2) is 24.3 Å². The highest BCUT2D eigenvalue weighted by Gasteiger charge is 2.34. The van der Waals surface area contributed by atoms with Crippen LogP contribution < -0.4 is 5.32 Å². The molecular weight excluding hydrogens is 252 g/mol. The molecule has 0 aliphatic heterocycles. The zero-order valence-electron chi connectivity index (χ0n) is 12.6. The predicted molar refractivity (Wildman–Crippen MR) is 81.1 cm³/mol. The molecule has 1 atom stereocenters. The number of carbonyl (C=O) groups excluding carboxylic acids is 1. The second kappa shape index (κ2) is 6.75. The monoisotopic (exact) mass is 276 g/mol. The molecule has 1 aliphatic rings. The van der Waals surface area contributed by atoms with E-state index in [0.29, 0.717) is 25.1 Å². The normalized spacial score (nSPS) is 15.8. The van der Waals surface area contributed by atoms with E-state index in [1.165, 1.54) is 12.8 Å². The lowest BCUT2D eigenvalue weighted by atomic mass is 10.1. The van der Waals surface area contributed by atoms with E-state index >= 15 is 0 Å². The van der Waals surface area contributed by atoms with Crippen molar-refractivity contribution in [3.8, 4) is 0 Å². The van der Waals surface area contributed by atoms with E-state index in [1.54, 1.807) is 7.11 Å². The second-order valence-corrected chi connectivity index (χ2v) is 5.40. The Kier molecular flexibility index (Phi) is 5.01. The van der Waals surface area contributed by atoms with Gasteiger partial charge in [-0.2, -0.15) is 0 Å². The van der Waals surface area contributed by atoms with Crippen LogP contribution in [0.3, 0.4) is 0 Å². The molecule has 0 radical (unpaired) electrons. The highest BCUT2D eigenvalue weighted by atomic mass is 16.5. The van der Waals surface area contributed by atoms with Crippen LogP contribution in [0.25, 0.3) is 0 Å². The Bertz CT molecular complexity index is 440. The van der Waals surface area contributed by atoms with Crippen molar-refractivity contribution in [2.45, 2.75) is 25.8 Å². The van der Waals surface area contributed by atoms with Gasteiger partial charge in [-0.05, 0) is 49.9 Å². The van der Waals surface area contributed by atoms with E-state index in [-0.39, 0.29) is 5.91 Å². The molecule has 1 N–H and O–H groups in total. The zero-order chi connectivity index (χ0) is 14.5. The number of ether oxygens (including phenoxy) is 1. The molecule has 0 bridgehead atoms. The molecule has 1 aliphatic carbocycles. The Balaban J connectivity index is 2.10. The smallest absolute Gasteiger partial charge is 0.254 e. The van der Waals surface area contributed by atoms with E-state index in [1.807, 2.05) is 36.2 Å². The summed E-state index contributed by atoms with van der Waals surface area (Å²) in [5, 5.41) is 3.06. The maximum Gasteiger partial charge on any atom is 0.254 e. The standard InChI is InChI=1S/C16H24N2O2/c1-12(13-4-5-13)18(10-11-20-3)16(19)14-6-8-15(17-2)9-7-14/h6-9,12-13,17H,4-5,10-11H2,1-3H3. The molecule has 4 nitrogen and oxygen atoms in total. The average Bonchev–Trinajstić information content (AvgIpc) is 3.32. The minimum Gasteiger partial charge on any atom is -0.388 e. The first-order valence-corrected chi connectivity index (χ1v) is 7.25. The van der Waals surface area contributed by atoms with Crippen LogP contribution in [-0.2, 0) is 4.74 Å². The summed E-state index contributed by atoms with van der Waals surface area (Å²) in [7, 11) is 3.54. The van der Waals surface area contributed by atoms with Crippen LogP contribution >= 0.6 is 0 Å². The van der Waals surface area contributed by atoms with Crippen LogP contribution in [0.4, 0.5) is 5.69 Å². The molecule has 2 rings (SSSR count). The van der Waals surface area contributed by atoms with Crippen molar-refractivity contribution in [2.75, 3.05) is 32.6 Å². The Morgan fingerprint density at radius 1 is 1.40 bits per heavy atom. The highest BCUT2D eigenvalue weighted by molar-refractivity contribution is 5.94. The van der Waals surface area contributed by atoms with E-state index in [9.17, 15) is 4.79 Å². The van der Waals surface area contributed by atoms with Crippen LogP contribution in [0, 0.1) is 5.92 Å². The third kappa shape index (κ3) is 3.51. The molecule has 4 heteroatoms. The van der Waals surface area contributed by atoms with Crippen LogP contribution in [0.5, 0.6) is 0 Å². The zero-order valence-corrected chi connectivity index (χ0v) is 12.6. The Hall–Kier alpha value is -1.55. The van der Waals surface area contributed by atoms with Gasteiger partial charge in [0.25, 0.3) is 5.91 Å². The lowest BCUT2D eigenvalue weighted by Crippen LogP contribution is -2.42. The van der Waals surface area contributed by atoms with Gasteiger partial charge in [-0.3, -0.25) is 4.79 Å². The Morgan fingerprint density at radius 3 is 2.55 bits per heavy atom. The molecule has 1 aromatic rings. The fourth-order valence-electron chi connectivity index (χ4n) is 2.46. The lowest BCUT2D eigenvalue weighted by Gasteiger charge is -2.29. The number of methoxy groups -OCH3 is 1. The number of anilines is 1. The fourth-order valence-corrected chi connectivity index (χ4v) is 2.46. The number of carbonyl (C=O) groups is 1. The molecule has 0 spiro atoms. The van der Waals surface area contributed by atoms with Crippen molar-refractivity contribution in [3.63, 3.8) is 0 Å². The predicted octanol–water partition coefficient (Wildman–Crippen LogP) is 2.62. The fraction of sp³-hybridized carbons (Fsp3) is 0.562. The molecule has 1 amide bonds. The first-order chi connectivity index (χ1) is 9.67. The minimum atomic E-state index is 0.101. The Morgan fingerprint density at radius 2 is 2.05 bits per heavy atom. The van der Waals surface area contributed by atoms with Crippen LogP contribution in [-0.4, -0.2) is 44.2 Å². The number of benzene rings is 1. The average molecular weight is 276 g/mol. The molecule has 1 fully saturated rings. The summed E-state index contributed by atoms with van der Waals surface area (Å²) in [5.74, 6) is 0.761. The summed E-state index contributed by atoms with van der Waals surface area (Å²) in [6.07, 6.45) is 2.47. The second-order valence-electron chi connectivity index (χ2n) is 5.40. The largest absolute Gasteiger partial charge is 0.388 e. The van der Waals surface area contributed by atoms with Crippen LogP contribution in [0.2, 0.25) is 0 Å². The number of nitrogens with one attached hydrogen (secondary N) is 1. The summed E-state index contributed by atoms with van der Waals surface area (Å²) in [5.41, 5.74) is 1.76. The number of amides is 1. The number of rotatable bonds is 7. The molecule has 20 heavy (non-hydrogen) atoms. The van der Waals surface area contributed by atoms with Gasteiger partial charge in [0.05, 0.1) is 6.61 Å². The molecule has 1 aromatic carbocycles. The van der Waals surface area contributed by atoms with Crippen molar-refractivity contribution in [2.24, 2.45) is 5.92 Å². The number of nitrogens with zero attached hydrogens (tertiary/aromatic N) is 1.